The Labute approximate surface area is 145 Å². The van der Waals surface area contributed by atoms with E-state index in [2.05, 4.69) is 4.98 Å². The van der Waals surface area contributed by atoms with Crippen LogP contribution in [-0.2, 0) is 11.3 Å². The van der Waals surface area contributed by atoms with Crippen LogP contribution in [0, 0.1) is 5.82 Å². The summed E-state index contributed by atoms with van der Waals surface area (Å²) in [7, 11) is 3.74. The molecule has 1 aliphatic rings. The molecular weight excluding hydrogens is 323 g/mol. The maximum absolute atomic E-state index is 13.1. The third kappa shape index (κ3) is 3.17. The second-order valence-corrected chi connectivity index (χ2v) is 6.15. The largest absolute Gasteiger partial charge is 0.363 e. The van der Waals surface area contributed by atoms with Crippen molar-refractivity contribution in [2.24, 2.45) is 0 Å². The number of hydrogen-bond donors (Lipinski definition) is 0. The number of nitrogens with zero attached hydrogens (tertiary/aromatic N) is 4. The molecule has 25 heavy (non-hydrogen) atoms. The maximum atomic E-state index is 13.1. The average Bonchev–Trinajstić information content (AvgIpc) is 2.80. The van der Waals surface area contributed by atoms with Crippen molar-refractivity contribution in [1.82, 2.24) is 9.88 Å². The number of amides is 3. The molecule has 1 aliphatic heterocycles. The van der Waals surface area contributed by atoms with Crippen molar-refractivity contribution in [2.75, 3.05) is 23.9 Å². The van der Waals surface area contributed by atoms with Crippen LogP contribution in [0.3, 0.4) is 0 Å². The molecule has 2 aromatic rings. The third-order valence-electron chi connectivity index (χ3n) is 4.16. The van der Waals surface area contributed by atoms with E-state index in [9.17, 15) is 14.0 Å². The second kappa shape index (κ2) is 6.51. The van der Waals surface area contributed by atoms with Crippen LogP contribution in [0.25, 0.3) is 0 Å². The summed E-state index contributed by atoms with van der Waals surface area (Å²) >= 11 is 0. The molecule has 0 spiro atoms. The van der Waals surface area contributed by atoms with Crippen molar-refractivity contribution in [3.63, 3.8) is 0 Å². The Kier molecular flexibility index (Phi) is 4.39. The highest BCUT2D eigenvalue weighted by molar-refractivity contribution is 6.13. The van der Waals surface area contributed by atoms with E-state index in [1.807, 2.05) is 25.1 Å². The van der Waals surface area contributed by atoms with Crippen LogP contribution in [0.1, 0.15) is 12.5 Å². The molecule has 3 rings (SSSR count). The van der Waals surface area contributed by atoms with Gasteiger partial charge in [0.1, 0.15) is 17.7 Å². The summed E-state index contributed by atoms with van der Waals surface area (Å²) in [5.74, 6) is 0.0804. The summed E-state index contributed by atoms with van der Waals surface area (Å²) < 4.78 is 13.1. The molecule has 0 N–H and O–H groups in total. The first kappa shape index (κ1) is 16.9. The summed E-state index contributed by atoms with van der Waals surface area (Å²) in [5.41, 5.74) is 1.31. The van der Waals surface area contributed by atoms with E-state index < -0.39 is 12.1 Å². The fourth-order valence-electron chi connectivity index (χ4n) is 2.79. The lowest BCUT2D eigenvalue weighted by Crippen LogP contribution is -2.33. The highest BCUT2D eigenvalue weighted by atomic mass is 19.1. The number of imide groups is 1. The Morgan fingerprint density at radius 2 is 1.84 bits per heavy atom. The summed E-state index contributed by atoms with van der Waals surface area (Å²) in [5, 5.41) is 0. The number of aromatic nitrogens is 1. The zero-order valence-electron chi connectivity index (χ0n) is 14.3. The molecule has 0 radical (unpaired) electrons. The van der Waals surface area contributed by atoms with Crippen molar-refractivity contribution in [1.29, 1.82) is 0 Å². The molecule has 1 aromatic heterocycles. The molecule has 1 unspecified atom stereocenters. The molecule has 1 atom stereocenters. The van der Waals surface area contributed by atoms with Gasteiger partial charge in [-0.2, -0.15) is 0 Å². The van der Waals surface area contributed by atoms with Crippen LogP contribution in [0.2, 0.25) is 0 Å². The minimum absolute atomic E-state index is 0.170. The topological polar surface area (TPSA) is 56.8 Å². The lowest BCUT2D eigenvalue weighted by molar-refractivity contribution is -0.127. The number of carbonyl (C=O) groups excluding carboxylic acids is 2. The summed E-state index contributed by atoms with van der Waals surface area (Å²) in [4.78, 5) is 34.0. The third-order valence-corrected chi connectivity index (χ3v) is 4.16. The van der Waals surface area contributed by atoms with E-state index in [1.165, 1.54) is 34.1 Å². The quantitative estimate of drug-likeness (QED) is 0.802. The Morgan fingerprint density at radius 1 is 1.16 bits per heavy atom. The molecule has 130 valence electrons. The zero-order valence-corrected chi connectivity index (χ0v) is 14.3. The van der Waals surface area contributed by atoms with Gasteiger partial charge in [0.15, 0.2) is 0 Å². The lowest BCUT2D eigenvalue weighted by atomic mass is 10.2. The number of rotatable bonds is 4. The lowest BCUT2D eigenvalue weighted by Gasteiger charge is -2.19. The molecule has 0 bridgehead atoms. The van der Waals surface area contributed by atoms with Crippen molar-refractivity contribution in [3.05, 3.63) is 54.0 Å². The summed E-state index contributed by atoms with van der Waals surface area (Å²) in [6.07, 6.45) is 1.65. The van der Waals surface area contributed by atoms with E-state index in [-0.39, 0.29) is 18.3 Å². The van der Waals surface area contributed by atoms with Crippen LogP contribution in [-0.4, -0.2) is 42.0 Å². The summed E-state index contributed by atoms with van der Waals surface area (Å²) in [6, 6.07) is 8.11. The van der Waals surface area contributed by atoms with Gasteiger partial charge in [-0.3, -0.25) is 14.6 Å². The molecule has 6 nitrogen and oxygen atoms in total. The van der Waals surface area contributed by atoms with E-state index in [0.717, 1.165) is 11.4 Å². The first-order valence-corrected chi connectivity index (χ1v) is 7.91. The fraction of sp³-hybridized carbons (Fsp3) is 0.278. The molecule has 1 saturated heterocycles. The molecule has 3 amide bonds. The van der Waals surface area contributed by atoms with Gasteiger partial charge < -0.3 is 4.90 Å². The first-order valence-electron chi connectivity index (χ1n) is 7.91. The number of pyridine rings is 1. The average molecular weight is 342 g/mol. The number of halogens is 1. The highest BCUT2D eigenvalue weighted by Crippen LogP contribution is 2.27. The van der Waals surface area contributed by atoms with Crippen LogP contribution >= 0.6 is 0 Å². The number of benzene rings is 1. The minimum Gasteiger partial charge on any atom is -0.363 e. The molecular formula is C18H19FN4O2. The van der Waals surface area contributed by atoms with Gasteiger partial charge in [-0.15, -0.1) is 0 Å². The van der Waals surface area contributed by atoms with Crippen molar-refractivity contribution >= 4 is 23.4 Å². The van der Waals surface area contributed by atoms with E-state index >= 15 is 0 Å². The van der Waals surface area contributed by atoms with Gasteiger partial charge in [-0.25, -0.2) is 14.2 Å². The van der Waals surface area contributed by atoms with Gasteiger partial charge in [-0.05, 0) is 48.9 Å². The second-order valence-electron chi connectivity index (χ2n) is 6.15. The first-order chi connectivity index (χ1) is 11.9. The number of urea groups is 1. The van der Waals surface area contributed by atoms with Gasteiger partial charge in [-0.1, -0.05) is 0 Å². The Bertz CT molecular complexity index is 807. The van der Waals surface area contributed by atoms with Crippen LogP contribution < -0.4 is 9.80 Å². The van der Waals surface area contributed by atoms with Gasteiger partial charge in [0.05, 0.1) is 6.54 Å². The van der Waals surface area contributed by atoms with Crippen molar-refractivity contribution < 1.29 is 14.0 Å². The normalized spacial score (nSPS) is 17.4. The van der Waals surface area contributed by atoms with Crippen molar-refractivity contribution in [2.45, 2.75) is 19.5 Å². The standard InChI is InChI=1S/C18H19FN4O2/c1-12-17(24)22(11-13-8-9-20-16(10-13)21(2)3)18(25)23(12)15-6-4-14(19)5-7-15/h4-10,12H,11H2,1-3H3. The Hall–Kier alpha value is -2.96. The van der Waals surface area contributed by atoms with Crippen LogP contribution in [0.5, 0.6) is 0 Å². The SMILES string of the molecule is CC1C(=O)N(Cc2ccnc(N(C)C)c2)C(=O)N1c1ccc(F)cc1. The fourth-order valence-corrected chi connectivity index (χ4v) is 2.79. The molecule has 0 aliphatic carbocycles. The molecule has 0 saturated carbocycles. The highest BCUT2D eigenvalue weighted by Gasteiger charge is 2.43. The molecule has 7 heteroatoms. The van der Waals surface area contributed by atoms with Crippen LogP contribution in [0.4, 0.5) is 20.7 Å². The smallest absolute Gasteiger partial charge is 0.332 e. The van der Waals surface area contributed by atoms with Crippen molar-refractivity contribution in [3.8, 4) is 0 Å². The van der Waals surface area contributed by atoms with Gasteiger partial charge in [0.25, 0.3) is 5.91 Å². The Morgan fingerprint density at radius 3 is 2.48 bits per heavy atom. The van der Waals surface area contributed by atoms with Crippen LogP contribution in [0.15, 0.2) is 42.6 Å². The minimum atomic E-state index is -0.631. The number of hydrogen-bond acceptors (Lipinski definition) is 4. The van der Waals surface area contributed by atoms with Gasteiger partial charge in [0, 0.05) is 26.0 Å². The Balaban J connectivity index is 1.85. The van der Waals surface area contributed by atoms with Gasteiger partial charge >= 0.3 is 6.03 Å². The number of carbonyl (C=O) groups is 2. The van der Waals surface area contributed by atoms with Gasteiger partial charge in [0.2, 0.25) is 0 Å². The predicted octanol–water partition coefficient (Wildman–Crippen LogP) is 2.64. The monoisotopic (exact) mass is 342 g/mol. The number of anilines is 2. The van der Waals surface area contributed by atoms with E-state index in [1.54, 1.807) is 19.2 Å². The van der Waals surface area contributed by atoms with E-state index in [4.69, 9.17) is 0 Å². The summed E-state index contributed by atoms with van der Waals surface area (Å²) in [6.45, 7) is 1.84. The maximum Gasteiger partial charge on any atom is 0.332 e. The molecule has 2 heterocycles. The van der Waals surface area contributed by atoms with E-state index in [0.29, 0.717) is 5.69 Å². The molecule has 1 aromatic carbocycles. The predicted molar refractivity (Wildman–Crippen MR) is 92.9 cm³/mol. The zero-order chi connectivity index (χ0) is 18.1. The molecule has 1 fully saturated rings.